The third-order valence-electron chi connectivity index (χ3n) is 13.7. The van der Waals surface area contributed by atoms with Crippen LogP contribution in [0.4, 0.5) is 4.79 Å². The van der Waals surface area contributed by atoms with Crippen molar-refractivity contribution < 1.29 is 33.4 Å². The molecule has 0 aromatic heterocycles. The maximum absolute atomic E-state index is 12.7. The summed E-state index contributed by atoms with van der Waals surface area (Å²) in [4.78, 5) is 48.5. The van der Waals surface area contributed by atoms with Crippen molar-refractivity contribution in [2.45, 2.75) is 163 Å². The van der Waals surface area contributed by atoms with E-state index in [1.54, 1.807) is 13.8 Å². The van der Waals surface area contributed by atoms with Crippen LogP contribution < -0.4 is 10.6 Å². The Morgan fingerprint density at radius 1 is 0.865 bits per heavy atom. The first kappa shape index (κ1) is 42.3. The van der Waals surface area contributed by atoms with Crippen molar-refractivity contribution in [3.8, 4) is 0 Å². The van der Waals surface area contributed by atoms with Gasteiger partial charge in [0.2, 0.25) is 0 Å². The Morgan fingerprint density at radius 2 is 1.65 bits per heavy atom. The molecule has 3 fully saturated rings. The monoisotopic (exact) mass is 729 g/mol. The summed E-state index contributed by atoms with van der Waals surface area (Å²) in [5.41, 5.74) is 2.26. The van der Waals surface area contributed by atoms with Crippen LogP contribution in [0.2, 0.25) is 0 Å². The van der Waals surface area contributed by atoms with Crippen LogP contribution in [0.1, 0.15) is 151 Å². The number of alkyl carbamates (subject to hydrolysis) is 1. The van der Waals surface area contributed by atoms with Crippen LogP contribution >= 0.6 is 0 Å². The molecule has 9 atom stereocenters. The third-order valence-corrected chi connectivity index (χ3v) is 13.7. The molecule has 9 unspecified atom stereocenters. The molecule has 0 aliphatic heterocycles. The smallest absolute Gasteiger partial charge is 0.407 e. The lowest BCUT2D eigenvalue weighted by molar-refractivity contribution is -0.153. The molecule has 0 aromatic carbocycles. The quantitative estimate of drug-likeness (QED) is 0.0553. The second-order valence-corrected chi connectivity index (χ2v) is 17.6. The van der Waals surface area contributed by atoms with Crippen molar-refractivity contribution in [2.75, 3.05) is 26.2 Å². The molecule has 296 valence electrons. The standard InChI is InChI=1S/C43H72N2O7/c1-8-50-39(47)22-26-44-28-40(48)51-31(5)38(46)15-10-9-11-25-45-41(49)52-33-20-23-42(6)32(27-33)16-17-34-36-19-18-35(30(4)14-12-13-29(2)3)43(36,7)24-21-37(34)42/h16,29-31,33-37,44H,8-15,17-28H2,1-7H3,(H,45,49). The molecule has 4 rings (SSSR count). The fourth-order valence-corrected chi connectivity index (χ4v) is 10.9. The Morgan fingerprint density at radius 3 is 2.40 bits per heavy atom. The number of hydrogen-bond acceptors (Lipinski definition) is 8. The van der Waals surface area contributed by atoms with Gasteiger partial charge in [0.25, 0.3) is 0 Å². The van der Waals surface area contributed by atoms with E-state index in [4.69, 9.17) is 14.2 Å². The molecule has 0 bridgehead atoms. The Bertz CT molecular complexity index is 1230. The van der Waals surface area contributed by atoms with E-state index in [2.05, 4.69) is 51.3 Å². The van der Waals surface area contributed by atoms with Gasteiger partial charge in [-0.2, -0.15) is 0 Å². The molecule has 0 heterocycles. The fraction of sp³-hybridized carbons (Fsp3) is 0.860. The van der Waals surface area contributed by atoms with Gasteiger partial charge in [0.05, 0.1) is 19.6 Å². The second-order valence-electron chi connectivity index (χ2n) is 17.6. The number of ether oxygens (including phenoxy) is 3. The molecule has 0 aromatic rings. The maximum atomic E-state index is 12.7. The number of carbonyl (C=O) groups is 4. The Hall–Kier alpha value is -2.42. The number of fused-ring (bicyclic) bond motifs is 5. The van der Waals surface area contributed by atoms with Crippen molar-refractivity contribution in [3.05, 3.63) is 11.6 Å². The lowest BCUT2D eigenvalue weighted by atomic mass is 9.47. The molecule has 0 saturated heterocycles. The summed E-state index contributed by atoms with van der Waals surface area (Å²) in [5.74, 6) is 3.92. The molecule has 2 N–H and O–H groups in total. The summed E-state index contributed by atoms with van der Waals surface area (Å²) < 4.78 is 16.0. The molecule has 9 heteroatoms. The summed E-state index contributed by atoms with van der Waals surface area (Å²) in [6, 6.07) is 0. The average molecular weight is 729 g/mol. The zero-order valence-corrected chi connectivity index (χ0v) is 33.7. The lowest BCUT2D eigenvalue weighted by Gasteiger charge is -2.58. The number of carbonyl (C=O) groups excluding carboxylic acids is 4. The minimum Gasteiger partial charge on any atom is -0.466 e. The van der Waals surface area contributed by atoms with Gasteiger partial charge in [0, 0.05) is 25.9 Å². The van der Waals surface area contributed by atoms with Crippen LogP contribution in [0, 0.1) is 46.3 Å². The summed E-state index contributed by atoms with van der Waals surface area (Å²) in [6.07, 6.45) is 17.7. The van der Waals surface area contributed by atoms with Crippen LogP contribution in [-0.2, 0) is 28.6 Å². The number of hydrogen-bond donors (Lipinski definition) is 2. The molecular weight excluding hydrogens is 656 g/mol. The zero-order chi connectivity index (χ0) is 37.9. The van der Waals surface area contributed by atoms with Crippen LogP contribution in [0.25, 0.3) is 0 Å². The van der Waals surface area contributed by atoms with Gasteiger partial charge in [-0.05, 0) is 118 Å². The van der Waals surface area contributed by atoms with Gasteiger partial charge in [-0.3, -0.25) is 14.4 Å². The van der Waals surface area contributed by atoms with Crippen molar-refractivity contribution in [1.29, 1.82) is 0 Å². The molecule has 3 saturated carbocycles. The van der Waals surface area contributed by atoms with Crippen molar-refractivity contribution >= 4 is 23.8 Å². The summed E-state index contributed by atoms with van der Waals surface area (Å²) >= 11 is 0. The van der Waals surface area contributed by atoms with Crippen LogP contribution in [0.15, 0.2) is 11.6 Å². The predicted molar refractivity (Wildman–Crippen MR) is 204 cm³/mol. The average Bonchev–Trinajstić information content (AvgIpc) is 3.45. The highest BCUT2D eigenvalue weighted by atomic mass is 16.6. The minimum absolute atomic E-state index is 0.0677. The van der Waals surface area contributed by atoms with E-state index in [0.29, 0.717) is 38.0 Å². The molecule has 1 amide bonds. The Balaban J connectivity index is 1.11. The molecular formula is C43H72N2O7. The number of Topliss-reactive ketones (excluding diaryl/α,β-unsaturated/α-hetero) is 1. The van der Waals surface area contributed by atoms with E-state index in [-0.39, 0.29) is 42.3 Å². The first-order valence-corrected chi connectivity index (χ1v) is 21.0. The molecule has 9 nitrogen and oxygen atoms in total. The van der Waals surface area contributed by atoms with Crippen LogP contribution in [-0.4, -0.2) is 62.3 Å². The van der Waals surface area contributed by atoms with Gasteiger partial charge in [-0.25, -0.2) is 4.79 Å². The fourth-order valence-electron chi connectivity index (χ4n) is 10.9. The minimum atomic E-state index is -0.818. The van der Waals surface area contributed by atoms with E-state index in [9.17, 15) is 19.2 Å². The van der Waals surface area contributed by atoms with Gasteiger partial charge in [-0.1, -0.05) is 72.0 Å². The Kier molecular flexibility index (Phi) is 16.1. The predicted octanol–water partition coefficient (Wildman–Crippen LogP) is 8.73. The van der Waals surface area contributed by atoms with E-state index < -0.39 is 12.1 Å². The van der Waals surface area contributed by atoms with E-state index in [1.807, 2.05) is 0 Å². The van der Waals surface area contributed by atoms with Gasteiger partial charge >= 0.3 is 18.0 Å². The first-order valence-electron chi connectivity index (χ1n) is 21.0. The summed E-state index contributed by atoms with van der Waals surface area (Å²) in [5, 5.41) is 5.75. The lowest BCUT2D eigenvalue weighted by Crippen LogP contribution is -2.51. The van der Waals surface area contributed by atoms with Crippen molar-refractivity contribution in [3.63, 3.8) is 0 Å². The molecule has 4 aliphatic carbocycles. The number of allylic oxidation sites excluding steroid dienone is 1. The normalized spacial score (nSPS) is 30.6. The highest BCUT2D eigenvalue weighted by Crippen LogP contribution is 2.67. The van der Waals surface area contributed by atoms with Crippen LogP contribution in [0.3, 0.4) is 0 Å². The molecule has 0 spiro atoms. The third kappa shape index (κ3) is 11.1. The summed E-state index contributed by atoms with van der Waals surface area (Å²) in [7, 11) is 0. The van der Waals surface area contributed by atoms with E-state index in [0.717, 1.165) is 67.6 Å². The van der Waals surface area contributed by atoms with Crippen molar-refractivity contribution in [2.24, 2.45) is 46.3 Å². The molecule has 0 radical (unpaired) electrons. The second kappa shape index (κ2) is 19.8. The number of rotatable bonds is 20. The SMILES string of the molecule is CCOC(=O)CCNCC(=O)OC(C)C(=O)CCCCCNC(=O)OC1CCC2(C)C(=CCC3C2CCC2(C)C(C(C)CCCC(C)C)CCC32)C1. The number of ketones is 1. The molecule has 4 aliphatic rings. The van der Waals surface area contributed by atoms with Crippen molar-refractivity contribution in [1.82, 2.24) is 10.6 Å². The maximum Gasteiger partial charge on any atom is 0.407 e. The number of unbranched alkanes of at least 4 members (excludes halogenated alkanes) is 2. The number of nitrogens with one attached hydrogen (secondary N) is 2. The zero-order valence-electron chi connectivity index (χ0n) is 33.7. The Labute approximate surface area is 314 Å². The van der Waals surface area contributed by atoms with E-state index in [1.165, 1.54) is 56.9 Å². The topological polar surface area (TPSA) is 120 Å². The van der Waals surface area contributed by atoms with E-state index >= 15 is 0 Å². The van der Waals surface area contributed by atoms with Gasteiger partial charge < -0.3 is 24.8 Å². The number of esters is 2. The van der Waals surface area contributed by atoms with Gasteiger partial charge in [0.1, 0.15) is 6.10 Å². The summed E-state index contributed by atoms with van der Waals surface area (Å²) in [6.45, 7) is 16.8. The number of amides is 1. The highest BCUT2D eigenvalue weighted by Gasteiger charge is 2.59. The first-order chi connectivity index (χ1) is 24.8. The molecule has 52 heavy (non-hydrogen) atoms. The highest BCUT2D eigenvalue weighted by molar-refractivity contribution is 5.85. The van der Waals surface area contributed by atoms with Gasteiger partial charge in [0.15, 0.2) is 11.9 Å². The van der Waals surface area contributed by atoms with Gasteiger partial charge in [-0.15, -0.1) is 0 Å². The van der Waals surface area contributed by atoms with Crippen LogP contribution in [0.5, 0.6) is 0 Å². The largest absolute Gasteiger partial charge is 0.466 e.